The van der Waals surface area contributed by atoms with Crippen molar-refractivity contribution in [3.8, 4) is 22.3 Å². The highest BCUT2D eigenvalue weighted by Gasteiger charge is 2.73. The molecular weight excluding hydrogens is 784 g/mol. The maximum Gasteiger partial charge on any atom is 0.252 e. The third-order valence-electron chi connectivity index (χ3n) is 21.4. The largest absolute Gasteiger partial charge is 0.311 e. The molecule has 65 heavy (non-hydrogen) atoms. The summed E-state index contributed by atoms with van der Waals surface area (Å²) in [7, 11) is 0. The smallest absolute Gasteiger partial charge is 0.252 e. The molecule has 7 aromatic carbocycles. The molecule has 0 N–H and O–H groups in total. The first-order chi connectivity index (χ1) is 31.5. The van der Waals surface area contributed by atoms with Crippen LogP contribution in [0.2, 0.25) is 0 Å². The third kappa shape index (κ3) is 3.93. The van der Waals surface area contributed by atoms with Crippen molar-refractivity contribution in [2.24, 2.45) is 33.5 Å². The molecule has 4 saturated carbocycles. The Morgan fingerprint density at radius 2 is 0.938 bits per heavy atom. The number of hydrogen-bond donors (Lipinski definition) is 0. The first kappa shape index (κ1) is 37.4. The Balaban J connectivity index is 1.03. The van der Waals surface area contributed by atoms with Gasteiger partial charge in [0.1, 0.15) is 0 Å². The molecule has 8 aliphatic rings. The van der Waals surface area contributed by atoms with Gasteiger partial charge in [-0.05, 0) is 181 Å². The van der Waals surface area contributed by atoms with Crippen LogP contribution >= 0.6 is 0 Å². The van der Waals surface area contributed by atoms with Crippen LogP contribution < -0.4 is 26.2 Å². The van der Waals surface area contributed by atoms with Crippen molar-refractivity contribution in [2.45, 2.75) is 90.9 Å². The quantitative estimate of drug-likeness (QED) is 0.160. The lowest BCUT2D eigenvalue weighted by atomic mass is 9.33. The zero-order valence-electron chi connectivity index (χ0n) is 38.8. The van der Waals surface area contributed by atoms with Gasteiger partial charge in [-0.2, -0.15) is 0 Å². The molecule has 0 radical (unpaired) electrons. The minimum atomic E-state index is -0.0317. The summed E-state index contributed by atoms with van der Waals surface area (Å²) < 4.78 is 0. The maximum absolute atomic E-state index is 2.75. The highest BCUT2D eigenvalue weighted by atomic mass is 15.2. The lowest BCUT2D eigenvalue weighted by Crippen LogP contribution is -2.61. The number of nitrogens with zero attached hydrogens (tertiary/aromatic N) is 2. The van der Waals surface area contributed by atoms with E-state index in [4.69, 9.17) is 0 Å². The van der Waals surface area contributed by atoms with Crippen molar-refractivity contribution >= 4 is 57.2 Å². The van der Waals surface area contributed by atoms with E-state index >= 15 is 0 Å². The second kappa shape index (κ2) is 11.8. The van der Waals surface area contributed by atoms with Crippen LogP contribution in [0.1, 0.15) is 102 Å². The second-order valence-electron chi connectivity index (χ2n) is 23.3. The zero-order chi connectivity index (χ0) is 43.6. The van der Waals surface area contributed by atoms with Gasteiger partial charge in [0.25, 0.3) is 6.71 Å². The maximum atomic E-state index is 2.75. The first-order valence-corrected chi connectivity index (χ1v) is 24.9. The molecule has 2 spiro atoms. The summed E-state index contributed by atoms with van der Waals surface area (Å²) in [6, 6.07) is 59.8. The van der Waals surface area contributed by atoms with Gasteiger partial charge in [0.2, 0.25) is 0 Å². The predicted molar refractivity (Wildman–Crippen MR) is 271 cm³/mol. The molecule has 318 valence electrons. The number of rotatable bonds is 2. The van der Waals surface area contributed by atoms with Crippen LogP contribution in [0.15, 0.2) is 152 Å². The monoisotopic (exact) mass is 840 g/mol. The van der Waals surface area contributed by atoms with Crippen molar-refractivity contribution < 1.29 is 0 Å². The Labute approximate surface area is 385 Å². The van der Waals surface area contributed by atoms with Crippen LogP contribution in [0, 0.1) is 33.5 Å². The topological polar surface area (TPSA) is 6.48 Å². The van der Waals surface area contributed by atoms with E-state index in [9.17, 15) is 0 Å². The molecule has 2 heterocycles. The Morgan fingerprint density at radius 3 is 1.55 bits per heavy atom. The van der Waals surface area contributed by atoms with E-state index in [0.29, 0.717) is 5.92 Å². The second-order valence-corrected chi connectivity index (χ2v) is 23.3. The summed E-state index contributed by atoms with van der Waals surface area (Å²) in [6.07, 6.45) is 7.73. The predicted octanol–water partition coefficient (Wildman–Crippen LogP) is 14.0. The Hall–Kier alpha value is -5.80. The molecule has 4 bridgehead atoms. The van der Waals surface area contributed by atoms with Crippen molar-refractivity contribution in [1.29, 1.82) is 0 Å². The number of fused-ring (bicyclic) bond motifs is 20. The van der Waals surface area contributed by atoms with Crippen LogP contribution in [-0.4, -0.2) is 6.71 Å². The molecule has 0 aromatic heterocycles. The van der Waals surface area contributed by atoms with Crippen molar-refractivity contribution in [3.63, 3.8) is 0 Å². The molecule has 6 aliphatic carbocycles. The number of para-hydroxylation sites is 2. The van der Waals surface area contributed by atoms with Crippen LogP contribution in [0.5, 0.6) is 0 Å². The summed E-state index contributed by atoms with van der Waals surface area (Å²) in [5, 5.41) is 0. The molecule has 3 heteroatoms. The molecule has 1 unspecified atom stereocenters. The zero-order valence-corrected chi connectivity index (χ0v) is 38.8. The first-order valence-electron chi connectivity index (χ1n) is 24.9. The van der Waals surface area contributed by atoms with Crippen molar-refractivity contribution in [2.75, 3.05) is 9.80 Å². The molecule has 6 atom stereocenters. The fraction of sp³-hybridized carbons (Fsp3) is 0.323. The SMILES string of the molecule is CC1(C)[C@H]2CCC1(C)[C@]1(C2)c2ccccc2-c2cc3c(cc21)N(c1ccc2c(c1)-c1ccccc1[C@]21C[C@@H]2CC[C@@]1(C)C2(C)C)c1cccc2c1B3c1ccccc1N2c1ccccc1. The molecule has 2 aliphatic heterocycles. The average molecular weight is 841 g/mol. The number of anilines is 6. The van der Waals surface area contributed by atoms with Gasteiger partial charge in [0.05, 0.1) is 0 Å². The van der Waals surface area contributed by atoms with E-state index < -0.39 is 0 Å². The van der Waals surface area contributed by atoms with Crippen LogP contribution in [0.4, 0.5) is 34.1 Å². The molecule has 7 aromatic rings. The Kier molecular flexibility index (Phi) is 6.78. The lowest BCUT2D eigenvalue weighted by molar-refractivity contribution is 0.0990. The highest BCUT2D eigenvalue weighted by molar-refractivity contribution is 7.00. The standard InChI is InChI=1S/C62H57BN2/c1-57(2)38-29-31-59(57,5)61(36-38)46-21-12-10-19-42(46)44-33-41(27-28-48(44)61)65-54-26-16-25-53-56(54)63(50-23-14-15-24-52(50)64(53)40-17-8-7-9-18-40)51-34-45-43-20-11-13-22-47(43)62(49(45)35-55(51)65)37-39-30-32-60(62,6)58(39,3)4/h7-28,33-35,38-39H,29-32,36-37H2,1-6H3/t38-,39-,59-,60?,61+,62+/m0/s1. The summed E-state index contributed by atoms with van der Waals surface area (Å²) in [5.41, 5.74) is 24.8. The summed E-state index contributed by atoms with van der Waals surface area (Å²) in [5.74, 6) is 1.44. The summed E-state index contributed by atoms with van der Waals surface area (Å²) in [4.78, 5) is 5.25. The van der Waals surface area contributed by atoms with E-state index in [1.165, 1.54) is 111 Å². The molecular formula is C62H57BN2. The Bertz CT molecular complexity index is 3270. The van der Waals surface area contributed by atoms with E-state index in [2.05, 4.69) is 203 Å². The fourth-order valence-corrected chi connectivity index (χ4v) is 17.6. The van der Waals surface area contributed by atoms with Gasteiger partial charge < -0.3 is 9.80 Å². The van der Waals surface area contributed by atoms with Gasteiger partial charge in [0.15, 0.2) is 0 Å². The van der Waals surface area contributed by atoms with Crippen molar-refractivity contribution in [3.05, 3.63) is 174 Å². The van der Waals surface area contributed by atoms with Gasteiger partial charge in [-0.1, -0.05) is 145 Å². The average Bonchev–Trinajstić information content (AvgIpc) is 4.02. The normalized spacial score (nSPS) is 30.0. The van der Waals surface area contributed by atoms with Crippen LogP contribution in [0.3, 0.4) is 0 Å². The van der Waals surface area contributed by atoms with Gasteiger partial charge in [0, 0.05) is 45.0 Å². The van der Waals surface area contributed by atoms with E-state index in [1.54, 1.807) is 22.3 Å². The molecule has 0 saturated heterocycles. The van der Waals surface area contributed by atoms with Gasteiger partial charge in [-0.3, -0.25) is 0 Å². The van der Waals surface area contributed by atoms with E-state index in [-0.39, 0.29) is 39.2 Å². The minimum Gasteiger partial charge on any atom is -0.311 e. The molecule has 15 rings (SSSR count). The molecule has 2 nitrogen and oxygen atoms in total. The lowest BCUT2D eigenvalue weighted by Gasteiger charge is -2.49. The van der Waals surface area contributed by atoms with Crippen LogP contribution in [-0.2, 0) is 10.8 Å². The van der Waals surface area contributed by atoms with Gasteiger partial charge in [-0.25, -0.2) is 0 Å². The van der Waals surface area contributed by atoms with Gasteiger partial charge in [-0.15, -0.1) is 0 Å². The summed E-state index contributed by atoms with van der Waals surface area (Å²) in [6.45, 7) is 15.8. The van der Waals surface area contributed by atoms with Crippen LogP contribution in [0.25, 0.3) is 22.3 Å². The van der Waals surface area contributed by atoms with E-state index in [1.807, 2.05) is 0 Å². The van der Waals surface area contributed by atoms with Crippen molar-refractivity contribution in [1.82, 2.24) is 0 Å². The molecule has 4 fully saturated rings. The molecule has 0 amide bonds. The highest BCUT2D eigenvalue weighted by Crippen LogP contribution is 2.79. The van der Waals surface area contributed by atoms with Gasteiger partial charge >= 0.3 is 0 Å². The summed E-state index contributed by atoms with van der Waals surface area (Å²) >= 11 is 0. The Morgan fingerprint density at radius 1 is 0.415 bits per heavy atom. The third-order valence-corrected chi connectivity index (χ3v) is 21.4. The minimum absolute atomic E-state index is 0.0313. The van der Waals surface area contributed by atoms with E-state index in [0.717, 1.165) is 5.92 Å². The number of hydrogen-bond acceptors (Lipinski definition) is 2. The number of benzene rings is 7. The fourth-order valence-electron chi connectivity index (χ4n) is 17.6.